The summed E-state index contributed by atoms with van der Waals surface area (Å²) in [6, 6.07) is 2.26. The number of hydrogen-bond donors (Lipinski definition) is 0. The molecule has 1 aliphatic heterocycles. The second-order valence-electron chi connectivity index (χ2n) is 5.73. The summed E-state index contributed by atoms with van der Waals surface area (Å²) in [5, 5.41) is 9.21. The molecule has 3 nitrogen and oxygen atoms in total. The molecule has 17 heavy (non-hydrogen) atoms. The Morgan fingerprint density at radius 1 is 1.29 bits per heavy atom. The lowest BCUT2D eigenvalue weighted by atomic mass is 9.69. The van der Waals surface area contributed by atoms with Crippen molar-refractivity contribution in [3.8, 4) is 6.07 Å². The van der Waals surface area contributed by atoms with Crippen LogP contribution in [0.15, 0.2) is 0 Å². The number of amides is 1. The predicted octanol–water partition coefficient (Wildman–Crippen LogP) is 2.72. The SMILES string of the molecule is CCC1(CC)CCN(C(=O)C2(C#N)CCC2)C1. The van der Waals surface area contributed by atoms with Gasteiger partial charge in [-0.3, -0.25) is 4.79 Å². The van der Waals surface area contributed by atoms with Crippen LogP contribution in [0.3, 0.4) is 0 Å². The van der Waals surface area contributed by atoms with Gasteiger partial charge in [0, 0.05) is 13.1 Å². The second-order valence-corrected chi connectivity index (χ2v) is 5.73. The molecule has 2 rings (SSSR count). The maximum atomic E-state index is 12.4. The third-order valence-corrected chi connectivity index (χ3v) is 5.06. The lowest BCUT2D eigenvalue weighted by Gasteiger charge is -2.37. The third kappa shape index (κ3) is 1.84. The number of rotatable bonds is 3. The van der Waals surface area contributed by atoms with Gasteiger partial charge < -0.3 is 4.90 Å². The molecule has 1 saturated heterocycles. The molecule has 0 aromatic carbocycles. The van der Waals surface area contributed by atoms with Crippen LogP contribution in [0, 0.1) is 22.2 Å². The van der Waals surface area contributed by atoms with Gasteiger partial charge in [-0.15, -0.1) is 0 Å². The van der Waals surface area contributed by atoms with Crippen molar-refractivity contribution < 1.29 is 4.79 Å². The van der Waals surface area contributed by atoms with Gasteiger partial charge in [-0.1, -0.05) is 13.8 Å². The first-order valence-corrected chi connectivity index (χ1v) is 6.82. The zero-order valence-corrected chi connectivity index (χ0v) is 11.0. The monoisotopic (exact) mass is 234 g/mol. The molecule has 0 unspecified atom stereocenters. The number of nitrogens with zero attached hydrogens (tertiary/aromatic N) is 2. The summed E-state index contributed by atoms with van der Waals surface area (Å²) >= 11 is 0. The van der Waals surface area contributed by atoms with Crippen molar-refractivity contribution in [1.29, 1.82) is 5.26 Å². The van der Waals surface area contributed by atoms with E-state index in [1.807, 2.05) is 4.90 Å². The molecule has 0 spiro atoms. The van der Waals surface area contributed by atoms with E-state index in [2.05, 4.69) is 19.9 Å². The fraction of sp³-hybridized carbons (Fsp3) is 0.857. The van der Waals surface area contributed by atoms with Gasteiger partial charge >= 0.3 is 0 Å². The standard InChI is InChI=1S/C14H22N2O/c1-3-13(4-2)8-9-16(11-13)12(17)14(10-15)6-5-7-14/h3-9,11H2,1-2H3. The lowest BCUT2D eigenvalue weighted by Crippen LogP contribution is -2.46. The van der Waals surface area contributed by atoms with Gasteiger partial charge in [0.05, 0.1) is 6.07 Å². The van der Waals surface area contributed by atoms with Crippen molar-refractivity contribution >= 4 is 5.91 Å². The van der Waals surface area contributed by atoms with E-state index in [4.69, 9.17) is 0 Å². The summed E-state index contributed by atoms with van der Waals surface area (Å²) in [7, 11) is 0. The molecule has 1 aliphatic carbocycles. The Balaban J connectivity index is 2.06. The van der Waals surface area contributed by atoms with Crippen molar-refractivity contribution in [3.63, 3.8) is 0 Å². The molecular weight excluding hydrogens is 212 g/mol. The van der Waals surface area contributed by atoms with E-state index in [-0.39, 0.29) is 5.91 Å². The van der Waals surface area contributed by atoms with Crippen LogP contribution in [0.5, 0.6) is 0 Å². The highest BCUT2D eigenvalue weighted by molar-refractivity contribution is 5.86. The van der Waals surface area contributed by atoms with Crippen LogP contribution in [0.1, 0.15) is 52.4 Å². The molecule has 2 aliphatic rings. The third-order valence-electron chi connectivity index (χ3n) is 5.06. The quantitative estimate of drug-likeness (QED) is 0.753. The Bertz CT molecular complexity index is 348. The van der Waals surface area contributed by atoms with Crippen LogP contribution in [0.25, 0.3) is 0 Å². The largest absolute Gasteiger partial charge is 0.341 e. The van der Waals surface area contributed by atoms with Crippen molar-refractivity contribution in [2.75, 3.05) is 13.1 Å². The van der Waals surface area contributed by atoms with Gasteiger partial charge in [-0.05, 0) is 43.9 Å². The van der Waals surface area contributed by atoms with E-state index in [0.29, 0.717) is 5.41 Å². The van der Waals surface area contributed by atoms with Gasteiger partial charge in [0.2, 0.25) is 5.91 Å². The maximum absolute atomic E-state index is 12.4. The van der Waals surface area contributed by atoms with E-state index < -0.39 is 5.41 Å². The van der Waals surface area contributed by atoms with Crippen LogP contribution < -0.4 is 0 Å². The fourth-order valence-electron chi connectivity index (χ4n) is 3.14. The molecule has 94 valence electrons. The number of nitriles is 1. The molecule has 1 heterocycles. The van der Waals surface area contributed by atoms with Crippen molar-refractivity contribution in [2.24, 2.45) is 10.8 Å². The Morgan fingerprint density at radius 2 is 1.94 bits per heavy atom. The van der Waals surface area contributed by atoms with Crippen LogP contribution in [0.4, 0.5) is 0 Å². The van der Waals surface area contributed by atoms with E-state index in [9.17, 15) is 10.1 Å². The van der Waals surface area contributed by atoms with Crippen molar-refractivity contribution in [3.05, 3.63) is 0 Å². The lowest BCUT2D eigenvalue weighted by molar-refractivity contribution is -0.142. The highest BCUT2D eigenvalue weighted by Gasteiger charge is 2.49. The number of hydrogen-bond acceptors (Lipinski definition) is 2. The zero-order chi connectivity index (χ0) is 12.5. The molecule has 0 atom stereocenters. The molecule has 0 radical (unpaired) electrons. The first-order valence-electron chi connectivity index (χ1n) is 6.82. The van der Waals surface area contributed by atoms with Crippen molar-refractivity contribution in [2.45, 2.75) is 52.4 Å². The fourth-order valence-corrected chi connectivity index (χ4v) is 3.14. The minimum absolute atomic E-state index is 0.107. The van der Waals surface area contributed by atoms with Gasteiger partial charge in [-0.2, -0.15) is 5.26 Å². The number of carbonyl (C=O) groups excluding carboxylic acids is 1. The molecule has 2 fully saturated rings. The normalized spacial score (nSPS) is 25.1. The smallest absolute Gasteiger partial charge is 0.243 e. The summed E-state index contributed by atoms with van der Waals surface area (Å²) in [5.74, 6) is 0.107. The van der Waals surface area contributed by atoms with E-state index in [1.54, 1.807) is 0 Å². The van der Waals surface area contributed by atoms with E-state index >= 15 is 0 Å². The highest BCUT2D eigenvalue weighted by atomic mass is 16.2. The Labute approximate surface area is 104 Å². The minimum Gasteiger partial charge on any atom is -0.341 e. The molecular formula is C14H22N2O. The van der Waals surface area contributed by atoms with E-state index in [1.165, 1.54) is 0 Å². The number of likely N-dealkylation sites (tertiary alicyclic amines) is 1. The van der Waals surface area contributed by atoms with Crippen LogP contribution in [-0.4, -0.2) is 23.9 Å². The summed E-state index contributed by atoms with van der Waals surface area (Å²) < 4.78 is 0. The van der Waals surface area contributed by atoms with Gasteiger partial charge in [0.15, 0.2) is 0 Å². The summed E-state index contributed by atoms with van der Waals surface area (Å²) in [6.07, 6.45) is 5.93. The topological polar surface area (TPSA) is 44.1 Å². The molecule has 0 aromatic rings. The van der Waals surface area contributed by atoms with Gasteiger partial charge in [0.25, 0.3) is 0 Å². The van der Waals surface area contributed by atoms with Crippen molar-refractivity contribution in [1.82, 2.24) is 4.90 Å². The van der Waals surface area contributed by atoms with E-state index in [0.717, 1.165) is 51.6 Å². The molecule has 1 saturated carbocycles. The summed E-state index contributed by atoms with van der Waals surface area (Å²) in [6.45, 7) is 6.13. The minimum atomic E-state index is -0.655. The first kappa shape index (κ1) is 12.4. The molecule has 0 N–H and O–H groups in total. The average molecular weight is 234 g/mol. The number of carbonyl (C=O) groups is 1. The van der Waals surface area contributed by atoms with Crippen LogP contribution in [-0.2, 0) is 4.79 Å². The van der Waals surface area contributed by atoms with Crippen LogP contribution in [0.2, 0.25) is 0 Å². The van der Waals surface area contributed by atoms with Gasteiger partial charge in [-0.25, -0.2) is 0 Å². The Hall–Kier alpha value is -1.04. The Kier molecular flexibility index (Phi) is 3.16. The molecule has 3 heteroatoms. The molecule has 1 amide bonds. The highest BCUT2D eigenvalue weighted by Crippen LogP contribution is 2.45. The average Bonchev–Trinajstić information content (AvgIpc) is 2.73. The second kappa shape index (κ2) is 4.33. The first-order chi connectivity index (χ1) is 8.11. The van der Waals surface area contributed by atoms with Crippen LogP contribution >= 0.6 is 0 Å². The summed E-state index contributed by atoms with van der Waals surface area (Å²) in [4.78, 5) is 14.4. The summed E-state index contributed by atoms with van der Waals surface area (Å²) in [5.41, 5.74) is -0.340. The van der Waals surface area contributed by atoms with Gasteiger partial charge in [0.1, 0.15) is 5.41 Å². The zero-order valence-electron chi connectivity index (χ0n) is 11.0. The Morgan fingerprint density at radius 3 is 2.29 bits per heavy atom. The molecule has 0 aromatic heterocycles. The predicted molar refractivity (Wildman–Crippen MR) is 66.1 cm³/mol. The maximum Gasteiger partial charge on any atom is 0.243 e. The molecule has 0 bridgehead atoms.